The molecule has 0 radical (unpaired) electrons. The van der Waals surface area contributed by atoms with Gasteiger partial charge in [0, 0.05) is 44.7 Å². The molecule has 1 unspecified atom stereocenters. The second-order valence-electron chi connectivity index (χ2n) is 11.5. The Morgan fingerprint density at radius 3 is 2.51 bits per heavy atom. The van der Waals surface area contributed by atoms with Gasteiger partial charge in [-0.3, -0.25) is 23.9 Å². The van der Waals surface area contributed by atoms with E-state index >= 15 is 0 Å². The highest BCUT2D eigenvalue weighted by Crippen LogP contribution is 2.36. The molecule has 37 heavy (non-hydrogen) atoms. The molecule has 1 aromatic heterocycles. The van der Waals surface area contributed by atoms with E-state index in [0.717, 1.165) is 55.4 Å². The molecule has 3 aliphatic rings. The van der Waals surface area contributed by atoms with Gasteiger partial charge in [-0.05, 0) is 43.2 Å². The number of hydrogen-bond donors (Lipinski definition) is 1. The molecule has 1 spiro atoms. The van der Waals surface area contributed by atoms with Gasteiger partial charge in [-0.2, -0.15) is 0 Å². The Morgan fingerprint density at radius 1 is 1.08 bits per heavy atom. The van der Waals surface area contributed by atoms with E-state index in [1.165, 1.54) is 32.1 Å². The Kier molecular flexibility index (Phi) is 7.70. The van der Waals surface area contributed by atoms with Gasteiger partial charge in [-0.15, -0.1) is 0 Å². The van der Waals surface area contributed by atoms with Crippen molar-refractivity contribution in [3.05, 3.63) is 36.0 Å². The van der Waals surface area contributed by atoms with Crippen molar-refractivity contribution in [3.8, 4) is 0 Å². The lowest BCUT2D eigenvalue weighted by atomic mass is 9.79. The van der Waals surface area contributed by atoms with E-state index in [-0.39, 0.29) is 23.8 Å². The van der Waals surface area contributed by atoms with Crippen LogP contribution in [0.2, 0.25) is 0 Å². The van der Waals surface area contributed by atoms with Crippen molar-refractivity contribution in [3.63, 3.8) is 0 Å². The Hall–Kier alpha value is -2.67. The van der Waals surface area contributed by atoms with Gasteiger partial charge in [0.1, 0.15) is 11.6 Å². The highest BCUT2D eigenvalue weighted by molar-refractivity contribution is 6.00. The van der Waals surface area contributed by atoms with Crippen LogP contribution in [0.3, 0.4) is 0 Å². The average Bonchev–Trinajstić information content (AvgIpc) is 3.28. The van der Waals surface area contributed by atoms with Gasteiger partial charge < -0.3 is 10.2 Å². The quantitative estimate of drug-likeness (QED) is 0.589. The number of unbranched alkanes of at least 4 members (excludes halogenated alkanes) is 1. The summed E-state index contributed by atoms with van der Waals surface area (Å²) in [6.45, 7) is 6.61. The molecule has 2 aliphatic heterocycles. The molecule has 0 bridgehead atoms. The van der Waals surface area contributed by atoms with Gasteiger partial charge >= 0.3 is 0 Å². The molecule has 7 nitrogen and oxygen atoms in total. The fourth-order valence-electron chi connectivity index (χ4n) is 6.89. The predicted molar refractivity (Wildman–Crippen MR) is 145 cm³/mol. The third kappa shape index (κ3) is 5.07. The lowest BCUT2D eigenvalue weighted by Crippen LogP contribution is -2.73. The van der Waals surface area contributed by atoms with Crippen LogP contribution in [0.15, 0.2) is 30.5 Å². The van der Waals surface area contributed by atoms with Gasteiger partial charge in [0.2, 0.25) is 17.7 Å². The number of hydrogen-bond acceptors (Lipinski definition) is 4. The Morgan fingerprint density at radius 2 is 1.81 bits per heavy atom. The minimum absolute atomic E-state index is 0.00628. The largest absolute Gasteiger partial charge is 0.342 e. The minimum Gasteiger partial charge on any atom is -0.342 e. The van der Waals surface area contributed by atoms with Crippen LogP contribution in [-0.2, 0) is 16.1 Å². The lowest BCUT2D eigenvalue weighted by Gasteiger charge is -2.52. The fourth-order valence-corrected chi connectivity index (χ4v) is 6.89. The number of nitrogens with one attached hydrogen (secondary N) is 1. The minimum atomic E-state index is -0.737. The number of piperidine rings is 1. The number of nitrogens with zero attached hydrogens (tertiary/aromatic N) is 3. The van der Waals surface area contributed by atoms with Crippen LogP contribution in [0, 0.1) is 5.92 Å². The van der Waals surface area contributed by atoms with Crippen LogP contribution in [0.5, 0.6) is 0 Å². The molecule has 3 fully saturated rings. The molecule has 200 valence electrons. The summed E-state index contributed by atoms with van der Waals surface area (Å²) in [4.78, 5) is 44.0. The molecule has 7 heteroatoms. The zero-order chi connectivity index (χ0) is 26.0. The van der Waals surface area contributed by atoms with E-state index in [1.54, 1.807) is 11.5 Å². The first-order valence-corrected chi connectivity index (χ1v) is 14.4. The number of piperazine rings is 1. The third-order valence-corrected chi connectivity index (χ3v) is 9.05. The number of rotatable bonds is 7. The molecule has 1 aromatic carbocycles. The molecule has 1 saturated carbocycles. The van der Waals surface area contributed by atoms with E-state index in [9.17, 15) is 14.4 Å². The summed E-state index contributed by atoms with van der Waals surface area (Å²) >= 11 is 0. The van der Waals surface area contributed by atoms with Gasteiger partial charge in [-0.25, -0.2) is 0 Å². The van der Waals surface area contributed by atoms with Crippen molar-refractivity contribution < 1.29 is 14.4 Å². The van der Waals surface area contributed by atoms with Gasteiger partial charge in [0.15, 0.2) is 0 Å². The molecular formula is C30H42N4O3. The predicted octanol–water partition coefficient (Wildman–Crippen LogP) is 4.73. The first-order chi connectivity index (χ1) is 17.9. The highest BCUT2D eigenvalue weighted by atomic mass is 16.2. The number of likely N-dealkylation sites (tertiary alicyclic amines) is 1. The van der Waals surface area contributed by atoms with E-state index in [4.69, 9.17) is 0 Å². The average molecular weight is 507 g/mol. The van der Waals surface area contributed by atoms with Crippen molar-refractivity contribution in [2.75, 3.05) is 19.6 Å². The second-order valence-corrected chi connectivity index (χ2v) is 11.5. The zero-order valence-corrected chi connectivity index (χ0v) is 22.5. The van der Waals surface area contributed by atoms with Gasteiger partial charge in [0.05, 0.1) is 5.52 Å². The number of carbonyl (C=O) groups excluding carboxylic acids is 3. The first-order valence-electron chi connectivity index (χ1n) is 14.4. The number of aromatic nitrogens is 1. The first kappa shape index (κ1) is 26.0. The molecule has 2 saturated heterocycles. The molecule has 2 aromatic rings. The summed E-state index contributed by atoms with van der Waals surface area (Å²) in [6.07, 6.45) is 12.1. The normalized spacial score (nSPS) is 23.1. The monoisotopic (exact) mass is 506 g/mol. The summed E-state index contributed by atoms with van der Waals surface area (Å²) in [5, 5.41) is 4.29. The SMILES string of the molecule is CCCCN1C(=O)C(CC2CCCCC2)NC(=O)C12CCN(Cc1cn(C(C)=O)c3ccccc13)CC2. The van der Waals surface area contributed by atoms with E-state index in [0.29, 0.717) is 25.3 Å². The molecule has 1 atom stereocenters. The van der Waals surface area contributed by atoms with Crippen LogP contribution >= 0.6 is 0 Å². The molecule has 2 amide bonds. The topological polar surface area (TPSA) is 74.7 Å². The third-order valence-electron chi connectivity index (χ3n) is 9.05. The second kappa shape index (κ2) is 11.0. The Balaban J connectivity index is 1.30. The van der Waals surface area contributed by atoms with E-state index < -0.39 is 5.54 Å². The number of benzene rings is 1. The van der Waals surface area contributed by atoms with Crippen LogP contribution in [-0.4, -0.2) is 63.3 Å². The number of para-hydroxylation sites is 1. The van der Waals surface area contributed by atoms with Crippen LogP contribution in [0.25, 0.3) is 10.9 Å². The molecule has 1 aliphatic carbocycles. The highest BCUT2D eigenvalue weighted by Gasteiger charge is 2.53. The van der Waals surface area contributed by atoms with Crippen LogP contribution in [0.1, 0.15) is 88.4 Å². The summed E-state index contributed by atoms with van der Waals surface area (Å²) in [7, 11) is 0. The zero-order valence-electron chi connectivity index (χ0n) is 22.5. The van der Waals surface area contributed by atoms with Crippen LogP contribution < -0.4 is 5.32 Å². The van der Waals surface area contributed by atoms with Gasteiger partial charge in [-0.1, -0.05) is 63.6 Å². The smallest absolute Gasteiger partial charge is 0.246 e. The maximum absolute atomic E-state index is 13.8. The summed E-state index contributed by atoms with van der Waals surface area (Å²) in [5.41, 5.74) is 1.32. The standard InChI is InChI=1S/C30H42N4O3/c1-3-4-16-34-28(36)26(19-23-10-6-5-7-11-23)31-29(37)30(34)14-17-32(18-15-30)20-24-21-33(22(2)35)27-13-9-8-12-25(24)27/h8-9,12-13,21,23,26H,3-7,10-11,14-20H2,1-2H3,(H,31,37). The summed E-state index contributed by atoms with van der Waals surface area (Å²) in [6, 6.07) is 7.66. The van der Waals surface area contributed by atoms with Crippen LogP contribution in [0.4, 0.5) is 0 Å². The molecule has 5 rings (SSSR count). The molecule has 3 heterocycles. The van der Waals surface area contributed by atoms with Crippen molar-refractivity contribution >= 4 is 28.6 Å². The Labute approximate surface area is 220 Å². The lowest BCUT2D eigenvalue weighted by molar-refractivity contribution is -0.162. The fraction of sp³-hybridized carbons (Fsp3) is 0.633. The Bertz CT molecular complexity index is 1140. The summed E-state index contributed by atoms with van der Waals surface area (Å²) in [5.74, 6) is 0.740. The molecule has 1 N–H and O–H groups in total. The van der Waals surface area contributed by atoms with Crippen molar-refractivity contribution in [1.29, 1.82) is 0 Å². The maximum atomic E-state index is 13.8. The van der Waals surface area contributed by atoms with Crippen molar-refractivity contribution in [1.82, 2.24) is 19.7 Å². The van der Waals surface area contributed by atoms with Gasteiger partial charge in [0.25, 0.3) is 0 Å². The summed E-state index contributed by atoms with van der Waals surface area (Å²) < 4.78 is 1.72. The maximum Gasteiger partial charge on any atom is 0.246 e. The molecular weight excluding hydrogens is 464 g/mol. The number of amides is 2. The van der Waals surface area contributed by atoms with E-state index in [1.807, 2.05) is 29.3 Å². The van der Waals surface area contributed by atoms with E-state index in [2.05, 4.69) is 23.2 Å². The number of carbonyl (C=O) groups is 3. The van der Waals surface area contributed by atoms with Crippen molar-refractivity contribution in [2.45, 2.75) is 96.2 Å². The van der Waals surface area contributed by atoms with Crippen molar-refractivity contribution in [2.24, 2.45) is 5.92 Å². The number of fused-ring (bicyclic) bond motifs is 1.